The van der Waals surface area contributed by atoms with E-state index in [2.05, 4.69) is 15.5 Å². The second-order valence-electron chi connectivity index (χ2n) is 4.48. The molecule has 0 bridgehead atoms. The SMILES string of the molecule is Cc1ccccc1-c1noc(CNC2CC2)n1. The maximum Gasteiger partial charge on any atom is 0.240 e. The molecule has 0 radical (unpaired) electrons. The molecular formula is C13H15N3O. The van der Waals surface area contributed by atoms with E-state index in [4.69, 9.17) is 4.52 Å². The average molecular weight is 229 g/mol. The number of benzene rings is 1. The number of hydrogen-bond acceptors (Lipinski definition) is 4. The van der Waals surface area contributed by atoms with Crippen LogP contribution >= 0.6 is 0 Å². The van der Waals surface area contributed by atoms with Gasteiger partial charge in [-0.15, -0.1) is 0 Å². The largest absolute Gasteiger partial charge is 0.338 e. The molecule has 0 amide bonds. The summed E-state index contributed by atoms with van der Waals surface area (Å²) in [5, 5.41) is 7.38. The van der Waals surface area contributed by atoms with E-state index in [0.717, 1.165) is 11.1 Å². The predicted octanol–water partition coefficient (Wildman–Crippen LogP) is 2.30. The summed E-state index contributed by atoms with van der Waals surface area (Å²) in [6.07, 6.45) is 2.53. The van der Waals surface area contributed by atoms with E-state index in [1.807, 2.05) is 31.2 Å². The third-order valence-corrected chi connectivity index (χ3v) is 2.97. The molecule has 88 valence electrons. The van der Waals surface area contributed by atoms with Crippen molar-refractivity contribution < 1.29 is 4.52 Å². The highest BCUT2D eigenvalue weighted by Crippen LogP contribution is 2.21. The van der Waals surface area contributed by atoms with Crippen molar-refractivity contribution in [1.29, 1.82) is 0 Å². The molecule has 4 heteroatoms. The van der Waals surface area contributed by atoms with Gasteiger partial charge in [0.05, 0.1) is 6.54 Å². The van der Waals surface area contributed by atoms with Crippen LogP contribution in [-0.4, -0.2) is 16.2 Å². The van der Waals surface area contributed by atoms with E-state index in [1.165, 1.54) is 12.8 Å². The molecule has 0 unspecified atom stereocenters. The van der Waals surface area contributed by atoms with Crippen molar-refractivity contribution in [3.8, 4) is 11.4 Å². The summed E-state index contributed by atoms with van der Waals surface area (Å²) in [5.74, 6) is 1.34. The normalized spacial score (nSPS) is 15.1. The molecule has 1 aromatic heterocycles. The van der Waals surface area contributed by atoms with Gasteiger partial charge in [-0.25, -0.2) is 0 Å². The third kappa shape index (κ3) is 2.36. The van der Waals surface area contributed by atoms with E-state index in [9.17, 15) is 0 Å². The van der Waals surface area contributed by atoms with Gasteiger partial charge < -0.3 is 9.84 Å². The Morgan fingerprint density at radius 3 is 2.94 bits per heavy atom. The van der Waals surface area contributed by atoms with Crippen LogP contribution in [0.2, 0.25) is 0 Å². The molecule has 1 N–H and O–H groups in total. The fourth-order valence-corrected chi connectivity index (χ4v) is 1.78. The predicted molar refractivity (Wildman–Crippen MR) is 64.3 cm³/mol. The van der Waals surface area contributed by atoms with Crippen molar-refractivity contribution in [2.75, 3.05) is 0 Å². The molecule has 1 heterocycles. The van der Waals surface area contributed by atoms with E-state index in [0.29, 0.717) is 24.3 Å². The minimum atomic E-state index is 0.656. The quantitative estimate of drug-likeness (QED) is 0.874. The summed E-state index contributed by atoms with van der Waals surface area (Å²) in [6, 6.07) is 8.71. The van der Waals surface area contributed by atoms with Crippen LogP contribution in [0.5, 0.6) is 0 Å². The lowest BCUT2D eigenvalue weighted by Gasteiger charge is -1.98. The summed E-state index contributed by atoms with van der Waals surface area (Å²) in [6.45, 7) is 2.72. The van der Waals surface area contributed by atoms with Gasteiger partial charge in [0.15, 0.2) is 0 Å². The topological polar surface area (TPSA) is 51.0 Å². The fourth-order valence-electron chi connectivity index (χ4n) is 1.78. The number of aromatic nitrogens is 2. The van der Waals surface area contributed by atoms with Crippen molar-refractivity contribution in [2.24, 2.45) is 0 Å². The third-order valence-electron chi connectivity index (χ3n) is 2.97. The summed E-state index contributed by atoms with van der Waals surface area (Å²) < 4.78 is 5.23. The van der Waals surface area contributed by atoms with Crippen LogP contribution in [0.25, 0.3) is 11.4 Å². The van der Waals surface area contributed by atoms with Gasteiger partial charge in [-0.2, -0.15) is 4.98 Å². The van der Waals surface area contributed by atoms with Gasteiger partial charge in [0.25, 0.3) is 0 Å². The highest BCUT2D eigenvalue weighted by Gasteiger charge is 2.21. The summed E-state index contributed by atoms with van der Waals surface area (Å²) in [7, 11) is 0. The Bertz CT molecular complexity index is 517. The first kappa shape index (κ1) is 10.5. The first-order valence-corrected chi connectivity index (χ1v) is 5.95. The molecule has 0 saturated heterocycles. The lowest BCUT2D eigenvalue weighted by Crippen LogP contribution is -2.15. The Balaban J connectivity index is 1.77. The lowest BCUT2D eigenvalue weighted by molar-refractivity contribution is 0.367. The Morgan fingerprint density at radius 1 is 1.35 bits per heavy atom. The van der Waals surface area contributed by atoms with Gasteiger partial charge in [0.1, 0.15) is 0 Å². The van der Waals surface area contributed by atoms with E-state index < -0.39 is 0 Å². The Hall–Kier alpha value is -1.68. The van der Waals surface area contributed by atoms with Gasteiger partial charge in [0, 0.05) is 11.6 Å². The average Bonchev–Trinajstić information content (AvgIpc) is 3.06. The summed E-state index contributed by atoms with van der Waals surface area (Å²) in [4.78, 5) is 4.40. The number of nitrogens with one attached hydrogen (secondary N) is 1. The van der Waals surface area contributed by atoms with Crippen molar-refractivity contribution in [3.05, 3.63) is 35.7 Å². The lowest BCUT2D eigenvalue weighted by atomic mass is 10.1. The molecular weight excluding hydrogens is 214 g/mol. The molecule has 1 saturated carbocycles. The van der Waals surface area contributed by atoms with Crippen LogP contribution in [0.1, 0.15) is 24.3 Å². The minimum Gasteiger partial charge on any atom is -0.338 e. The molecule has 0 aliphatic heterocycles. The smallest absolute Gasteiger partial charge is 0.240 e. The summed E-state index contributed by atoms with van der Waals surface area (Å²) >= 11 is 0. The second-order valence-corrected chi connectivity index (χ2v) is 4.48. The van der Waals surface area contributed by atoms with Crippen molar-refractivity contribution in [2.45, 2.75) is 32.4 Å². The fraction of sp³-hybridized carbons (Fsp3) is 0.385. The Morgan fingerprint density at radius 2 is 2.18 bits per heavy atom. The zero-order valence-corrected chi connectivity index (χ0v) is 9.81. The first-order valence-electron chi connectivity index (χ1n) is 5.95. The van der Waals surface area contributed by atoms with Crippen LogP contribution in [0.4, 0.5) is 0 Å². The summed E-state index contributed by atoms with van der Waals surface area (Å²) in [5.41, 5.74) is 2.20. The second kappa shape index (κ2) is 4.30. The van der Waals surface area contributed by atoms with Gasteiger partial charge in [-0.3, -0.25) is 0 Å². The highest BCUT2D eigenvalue weighted by molar-refractivity contribution is 5.58. The van der Waals surface area contributed by atoms with Crippen LogP contribution in [-0.2, 0) is 6.54 Å². The molecule has 2 aromatic rings. The molecule has 0 atom stereocenters. The van der Waals surface area contributed by atoms with E-state index in [-0.39, 0.29) is 0 Å². The maximum absolute atomic E-state index is 5.23. The number of rotatable bonds is 4. The highest BCUT2D eigenvalue weighted by atomic mass is 16.5. The number of hydrogen-bond donors (Lipinski definition) is 1. The number of nitrogens with zero attached hydrogens (tertiary/aromatic N) is 2. The molecule has 0 spiro atoms. The molecule has 3 rings (SSSR count). The monoisotopic (exact) mass is 229 g/mol. The van der Waals surface area contributed by atoms with Crippen LogP contribution in [0, 0.1) is 6.92 Å². The van der Waals surface area contributed by atoms with Gasteiger partial charge in [0.2, 0.25) is 11.7 Å². The zero-order valence-electron chi connectivity index (χ0n) is 9.81. The van der Waals surface area contributed by atoms with Crippen molar-refractivity contribution >= 4 is 0 Å². The van der Waals surface area contributed by atoms with Crippen LogP contribution in [0.3, 0.4) is 0 Å². The molecule has 4 nitrogen and oxygen atoms in total. The number of aryl methyl sites for hydroxylation is 1. The Labute approximate surface area is 100 Å². The molecule has 1 aromatic carbocycles. The molecule has 1 fully saturated rings. The molecule has 1 aliphatic carbocycles. The van der Waals surface area contributed by atoms with Crippen molar-refractivity contribution in [1.82, 2.24) is 15.5 Å². The molecule has 1 aliphatic rings. The van der Waals surface area contributed by atoms with E-state index in [1.54, 1.807) is 0 Å². The van der Waals surface area contributed by atoms with Crippen LogP contribution in [0.15, 0.2) is 28.8 Å². The molecule has 17 heavy (non-hydrogen) atoms. The minimum absolute atomic E-state index is 0.656. The first-order chi connectivity index (χ1) is 8.33. The van der Waals surface area contributed by atoms with E-state index >= 15 is 0 Å². The van der Waals surface area contributed by atoms with Gasteiger partial charge >= 0.3 is 0 Å². The maximum atomic E-state index is 5.23. The standard InChI is InChI=1S/C13H15N3O/c1-9-4-2-3-5-11(9)13-15-12(17-16-13)8-14-10-6-7-10/h2-5,10,14H,6-8H2,1H3. The van der Waals surface area contributed by atoms with Crippen LogP contribution < -0.4 is 5.32 Å². The zero-order chi connectivity index (χ0) is 11.7. The Kier molecular flexibility index (Phi) is 2.65. The van der Waals surface area contributed by atoms with Gasteiger partial charge in [-0.1, -0.05) is 29.4 Å². The van der Waals surface area contributed by atoms with Gasteiger partial charge in [-0.05, 0) is 25.3 Å². The van der Waals surface area contributed by atoms with Crippen molar-refractivity contribution in [3.63, 3.8) is 0 Å².